The molecule has 4 rings (SSSR count). The van der Waals surface area contributed by atoms with Gasteiger partial charge in [-0.2, -0.15) is 0 Å². The van der Waals surface area contributed by atoms with Gasteiger partial charge < -0.3 is 19.2 Å². The molecular weight excluding hydrogens is 461 g/mol. The van der Waals surface area contributed by atoms with Gasteiger partial charge in [-0.05, 0) is 41.3 Å². The van der Waals surface area contributed by atoms with Crippen LogP contribution < -0.4 is 15.6 Å². The van der Waals surface area contributed by atoms with Crippen LogP contribution in [0.25, 0.3) is 11.0 Å². The fraction of sp³-hybridized carbons (Fsp3) is 0.345. The van der Waals surface area contributed by atoms with E-state index in [1.54, 1.807) is 6.82 Å². The Balaban J connectivity index is 1.68. The van der Waals surface area contributed by atoms with E-state index in [1.165, 1.54) is 10.4 Å². The zero-order valence-corrected chi connectivity index (χ0v) is 23.1. The van der Waals surface area contributed by atoms with Gasteiger partial charge in [-0.3, -0.25) is 0 Å². The van der Waals surface area contributed by atoms with Crippen molar-refractivity contribution in [3.05, 3.63) is 90.8 Å². The summed E-state index contributed by atoms with van der Waals surface area (Å²) in [5.41, 5.74) is 2.10. The number of nitrogens with one attached hydrogen (secondary N) is 1. The van der Waals surface area contributed by atoms with Crippen molar-refractivity contribution in [1.82, 2.24) is 14.8 Å². The first kappa shape index (κ1) is 26.4. The number of rotatable bonds is 10. The summed E-state index contributed by atoms with van der Waals surface area (Å²) in [5, 5.41) is 15.5. The smallest absolute Gasteiger partial charge is 0.373 e. The van der Waals surface area contributed by atoms with Crippen molar-refractivity contribution in [3.63, 3.8) is 0 Å². The number of benzene rings is 3. The third-order valence-electron chi connectivity index (χ3n) is 6.78. The number of nitrogens with zero attached hydrogens (tertiary/aromatic N) is 2. The molecule has 36 heavy (non-hydrogen) atoms. The molecule has 0 saturated heterocycles. The molecule has 1 atom stereocenters. The molecule has 4 aromatic rings. The Kier molecular flexibility index (Phi) is 8.15. The quantitative estimate of drug-likeness (QED) is 0.321. The molecule has 0 fully saturated rings. The molecule has 0 aliphatic carbocycles. The standard InChI is InChI=1S/C29H38BN3O2Si/c1-23(32-30(5)34)22-33-27-19-13-12-18-26(27)31-28(33)20-21-35-36(29(2,3)4,24-14-8-6-9-15-24)25-16-10-7-11-17-25/h6-19,23,32,34H,20-22H2,1-5H3. The van der Waals surface area contributed by atoms with E-state index in [0.29, 0.717) is 13.0 Å². The maximum absolute atomic E-state index is 9.81. The summed E-state index contributed by atoms with van der Waals surface area (Å²) >= 11 is 0. The molecular formula is C29H38BN3O2Si. The number of hydrogen-bond donors (Lipinski definition) is 2. The fourth-order valence-corrected chi connectivity index (χ4v) is 9.88. The predicted octanol–water partition coefficient (Wildman–Crippen LogP) is 4.24. The van der Waals surface area contributed by atoms with E-state index < -0.39 is 15.4 Å². The predicted molar refractivity (Wildman–Crippen MR) is 153 cm³/mol. The first-order chi connectivity index (χ1) is 17.2. The lowest BCUT2D eigenvalue weighted by atomic mass is 9.87. The first-order valence-electron chi connectivity index (χ1n) is 12.9. The van der Waals surface area contributed by atoms with Gasteiger partial charge >= 0.3 is 7.05 Å². The summed E-state index contributed by atoms with van der Waals surface area (Å²) in [5.74, 6) is 1.01. The van der Waals surface area contributed by atoms with Gasteiger partial charge in [-0.15, -0.1) is 0 Å². The van der Waals surface area contributed by atoms with E-state index in [-0.39, 0.29) is 11.1 Å². The van der Waals surface area contributed by atoms with Gasteiger partial charge in [0.05, 0.1) is 11.0 Å². The average molecular weight is 500 g/mol. The Hall–Kier alpha value is -2.71. The maximum Gasteiger partial charge on any atom is 0.373 e. The second-order valence-corrected chi connectivity index (χ2v) is 14.9. The summed E-state index contributed by atoms with van der Waals surface area (Å²) in [7, 11) is -3.15. The Morgan fingerprint density at radius 2 is 1.50 bits per heavy atom. The molecule has 188 valence electrons. The summed E-state index contributed by atoms with van der Waals surface area (Å²) in [6.45, 7) is 12.0. The summed E-state index contributed by atoms with van der Waals surface area (Å²) < 4.78 is 9.39. The van der Waals surface area contributed by atoms with Crippen molar-refractivity contribution in [2.45, 2.75) is 58.6 Å². The van der Waals surface area contributed by atoms with E-state index in [4.69, 9.17) is 9.41 Å². The van der Waals surface area contributed by atoms with E-state index in [2.05, 4.69) is 116 Å². The Labute approximate surface area is 216 Å². The topological polar surface area (TPSA) is 59.3 Å². The molecule has 5 nitrogen and oxygen atoms in total. The molecule has 0 radical (unpaired) electrons. The van der Waals surface area contributed by atoms with Crippen LogP contribution >= 0.6 is 0 Å². The van der Waals surface area contributed by atoms with Crippen molar-refractivity contribution < 1.29 is 9.45 Å². The van der Waals surface area contributed by atoms with Crippen molar-refractivity contribution in [3.8, 4) is 0 Å². The van der Waals surface area contributed by atoms with Crippen LogP contribution in [0.1, 0.15) is 33.5 Å². The largest absolute Gasteiger partial charge is 0.437 e. The fourth-order valence-electron chi connectivity index (χ4n) is 5.32. The highest BCUT2D eigenvalue weighted by Gasteiger charge is 2.50. The number of imidazole rings is 1. The third-order valence-corrected chi connectivity index (χ3v) is 11.8. The average Bonchev–Trinajstić information content (AvgIpc) is 3.18. The van der Waals surface area contributed by atoms with Crippen molar-refractivity contribution in [2.24, 2.45) is 0 Å². The monoisotopic (exact) mass is 499 g/mol. The van der Waals surface area contributed by atoms with Gasteiger partial charge in [0.2, 0.25) is 0 Å². The minimum atomic E-state index is -2.60. The van der Waals surface area contributed by atoms with Gasteiger partial charge in [0, 0.05) is 25.6 Å². The summed E-state index contributed by atoms with van der Waals surface area (Å²) in [6.07, 6.45) is 0.709. The second kappa shape index (κ2) is 11.1. The molecule has 1 unspecified atom stereocenters. The van der Waals surface area contributed by atoms with Gasteiger partial charge in [-0.1, -0.05) is 93.6 Å². The highest BCUT2D eigenvalue weighted by atomic mass is 28.4. The number of para-hydroxylation sites is 2. The highest BCUT2D eigenvalue weighted by Crippen LogP contribution is 2.36. The minimum Gasteiger partial charge on any atom is -0.437 e. The minimum absolute atomic E-state index is 0.0639. The molecule has 3 aromatic carbocycles. The number of aromatic nitrogens is 2. The molecule has 0 spiro atoms. The molecule has 0 amide bonds. The zero-order valence-electron chi connectivity index (χ0n) is 22.1. The van der Waals surface area contributed by atoms with Crippen LogP contribution in [0.4, 0.5) is 0 Å². The lowest BCUT2D eigenvalue weighted by molar-refractivity contribution is 0.297. The Bertz CT molecular complexity index is 1220. The van der Waals surface area contributed by atoms with Crippen LogP contribution in [0.5, 0.6) is 0 Å². The van der Waals surface area contributed by atoms with Crippen molar-refractivity contribution in [1.29, 1.82) is 0 Å². The van der Waals surface area contributed by atoms with Crippen LogP contribution in [-0.4, -0.2) is 42.6 Å². The third kappa shape index (κ3) is 5.49. The van der Waals surface area contributed by atoms with Gasteiger partial charge in [0.15, 0.2) is 0 Å². The van der Waals surface area contributed by atoms with Crippen molar-refractivity contribution in [2.75, 3.05) is 6.61 Å². The summed E-state index contributed by atoms with van der Waals surface area (Å²) in [6, 6.07) is 29.9. The molecule has 7 heteroatoms. The Morgan fingerprint density at radius 3 is 2.06 bits per heavy atom. The van der Waals surface area contributed by atoms with Crippen molar-refractivity contribution >= 4 is 36.8 Å². The van der Waals surface area contributed by atoms with Crippen LogP contribution in [-0.2, 0) is 17.4 Å². The molecule has 1 heterocycles. The van der Waals surface area contributed by atoms with Gasteiger partial charge in [0.1, 0.15) is 5.82 Å². The molecule has 0 bridgehead atoms. The SMILES string of the molecule is CB(O)NC(C)Cn1c(CCO[Si](c2ccccc2)(c2ccccc2)C(C)(C)C)nc2ccccc21. The van der Waals surface area contributed by atoms with Gasteiger partial charge in [0.25, 0.3) is 8.32 Å². The van der Waals surface area contributed by atoms with E-state index in [0.717, 1.165) is 23.4 Å². The van der Waals surface area contributed by atoms with E-state index in [9.17, 15) is 5.02 Å². The van der Waals surface area contributed by atoms with Crippen LogP contribution in [0.15, 0.2) is 84.9 Å². The molecule has 0 aliphatic heterocycles. The Morgan fingerprint density at radius 1 is 0.944 bits per heavy atom. The molecule has 2 N–H and O–H groups in total. The van der Waals surface area contributed by atoms with Crippen LogP contribution in [0, 0.1) is 0 Å². The second-order valence-electron chi connectivity index (χ2n) is 10.6. The lowest BCUT2D eigenvalue weighted by Crippen LogP contribution is -2.66. The molecule has 0 aliphatic rings. The molecule has 0 saturated carbocycles. The summed E-state index contributed by atoms with van der Waals surface area (Å²) in [4.78, 5) is 4.98. The normalized spacial score (nSPS) is 13.2. The lowest BCUT2D eigenvalue weighted by Gasteiger charge is -2.43. The highest BCUT2D eigenvalue weighted by molar-refractivity contribution is 6.99. The van der Waals surface area contributed by atoms with E-state index in [1.807, 2.05) is 6.07 Å². The van der Waals surface area contributed by atoms with Gasteiger partial charge in [-0.25, -0.2) is 4.98 Å². The van der Waals surface area contributed by atoms with Crippen LogP contribution in [0.3, 0.4) is 0 Å². The first-order valence-corrected chi connectivity index (χ1v) is 14.8. The van der Waals surface area contributed by atoms with Crippen LogP contribution in [0.2, 0.25) is 11.9 Å². The zero-order chi connectivity index (χ0) is 25.8. The number of hydrogen-bond acceptors (Lipinski definition) is 4. The van der Waals surface area contributed by atoms with E-state index >= 15 is 0 Å². The molecule has 1 aromatic heterocycles. The number of fused-ring (bicyclic) bond motifs is 1. The maximum atomic E-state index is 9.81.